The smallest absolute Gasteiger partial charge is 0.348 e. The monoisotopic (exact) mass is 315 g/mol. The summed E-state index contributed by atoms with van der Waals surface area (Å²) in [7, 11) is -2.67. The summed E-state index contributed by atoms with van der Waals surface area (Å²) in [6.07, 6.45) is 0. The molecule has 1 heterocycles. The zero-order chi connectivity index (χ0) is 14.9. The summed E-state index contributed by atoms with van der Waals surface area (Å²) in [4.78, 5) is 10.9. The van der Waals surface area contributed by atoms with Crippen molar-refractivity contribution in [3.8, 4) is 0 Å². The van der Waals surface area contributed by atoms with E-state index in [0.29, 0.717) is 0 Å². The molecule has 0 unspecified atom stereocenters. The summed E-state index contributed by atoms with van der Waals surface area (Å²) < 4.78 is 38.4. The van der Waals surface area contributed by atoms with Crippen molar-refractivity contribution in [2.45, 2.75) is 4.90 Å². The first-order valence-electron chi connectivity index (χ1n) is 5.39. The Morgan fingerprint density at radius 2 is 1.85 bits per heavy atom. The summed E-state index contributed by atoms with van der Waals surface area (Å²) in [5, 5.41) is 10.5. The largest absolute Gasteiger partial charge is 0.477 e. The van der Waals surface area contributed by atoms with Gasteiger partial charge in [-0.05, 0) is 35.7 Å². The van der Waals surface area contributed by atoms with Crippen LogP contribution in [0.4, 0.5) is 10.1 Å². The highest BCUT2D eigenvalue weighted by Gasteiger charge is 2.25. The van der Waals surface area contributed by atoms with E-state index in [-0.39, 0.29) is 15.5 Å². The lowest BCUT2D eigenvalue weighted by Gasteiger charge is -2.19. The van der Waals surface area contributed by atoms with Crippen molar-refractivity contribution in [3.05, 3.63) is 46.4 Å². The molecule has 2 aromatic rings. The number of sulfonamides is 1. The van der Waals surface area contributed by atoms with E-state index in [1.54, 1.807) is 0 Å². The van der Waals surface area contributed by atoms with E-state index in [0.717, 1.165) is 39.9 Å². The van der Waals surface area contributed by atoms with Crippen LogP contribution >= 0.6 is 11.3 Å². The lowest BCUT2D eigenvalue weighted by molar-refractivity contribution is 0.0703. The minimum atomic E-state index is -3.92. The normalized spacial score (nSPS) is 11.3. The van der Waals surface area contributed by atoms with E-state index in [1.165, 1.54) is 18.5 Å². The standard InChI is InChI=1S/C12H10FNO4S2/c1-14(10-6-7-19-11(10)12(15)16)20(17,18)9-4-2-8(13)3-5-9/h2-7H,1H3,(H,15,16). The van der Waals surface area contributed by atoms with Gasteiger partial charge in [0.15, 0.2) is 0 Å². The molecule has 0 aliphatic heterocycles. The number of hydrogen-bond acceptors (Lipinski definition) is 4. The zero-order valence-corrected chi connectivity index (χ0v) is 11.9. The predicted molar refractivity (Wildman–Crippen MR) is 73.3 cm³/mol. The van der Waals surface area contributed by atoms with Crippen LogP contribution in [0.25, 0.3) is 0 Å². The molecule has 2 rings (SSSR count). The Bertz CT molecular complexity index is 737. The van der Waals surface area contributed by atoms with Gasteiger partial charge < -0.3 is 5.11 Å². The van der Waals surface area contributed by atoms with Gasteiger partial charge in [0.1, 0.15) is 10.7 Å². The molecule has 0 aliphatic carbocycles. The van der Waals surface area contributed by atoms with Crippen LogP contribution in [-0.4, -0.2) is 26.5 Å². The van der Waals surface area contributed by atoms with Crippen LogP contribution in [0.3, 0.4) is 0 Å². The van der Waals surface area contributed by atoms with Gasteiger partial charge in [-0.1, -0.05) is 0 Å². The van der Waals surface area contributed by atoms with Crippen LogP contribution in [-0.2, 0) is 10.0 Å². The molecule has 0 saturated heterocycles. The third-order valence-corrected chi connectivity index (χ3v) is 5.33. The van der Waals surface area contributed by atoms with Crippen LogP contribution < -0.4 is 4.31 Å². The van der Waals surface area contributed by atoms with E-state index in [1.807, 2.05) is 0 Å². The van der Waals surface area contributed by atoms with Gasteiger partial charge >= 0.3 is 5.97 Å². The van der Waals surface area contributed by atoms with Crippen molar-refractivity contribution in [2.24, 2.45) is 0 Å². The molecule has 8 heteroatoms. The Morgan fingerprint density at radius 1 is 1.25 bits per heavy atom. The molecular formula is C12H10FNO4S2. The molecule has 0 spiro atoms. The van der Waals surface area contributed by atoms with Gasteiger partial charge in [-0.15, -0.1) is 11.3 Å². The highest BCUT2D eigenvalue weighted by Crippen LogP contribution is 2.29. The quantitative estimate of drug-likeness (QED) is 0.940. The van der Waals surface area contributed by atoms with Gasteiger partial charge in [0.05, 0.1) is 10.6 Å². The highest BCUT2D eigenvalue weighted by atomic mass is 32.2. The van der Waals surface area contributed by atoms with E-state index in [4.69, 9.17) is 5.11 Å². The molecule has 1 N–H and O–H groups in total. The Morgan fingerprint density at radius 3 is 2.40 bits per heavy atom. The molecule has 1 aromatic heterocycles. The Kier molecular flexibility index (Phi) is 3.78. The number of benzene rings is 1. The summed E-state index contributed by atoms with van der Waals surface area (Å²) in [5.74, 6) is -1.75. The van der Waals surface area contributed by atoms with Gasteiger partial charge in [-0.2, -0.15) is 0 Å². The van der Waals surface area contributed by atoms with Crippen molar-refractivity contribution in [1.29, 1.82) is 0 Å². The SMILES string of the molecule is CN(c1ccsc1C(=O)O)S(=O)(=O)c1ccc(F)cc1. The number of nitrogens with zero attached hydrogens (tertiary/aromatic N) is 1. The van der Waals surface area contributed by atoms with Crippen LogP contribution in [0.15, 0.2) is 40.6 Å². The van der Waals surface area contributed by atoms with Crippen molar-refractivity contribution >= 4 is 33.0 Å². The fourth-order valence-electron chi connectivity index (χ4n) is 1.60. The molecule has 1 aromatic carbocycles. The molecule has 5 nitrogen and oxygen atoms in total. The Labute approximate surface area is 119 Å². The Balaban J connectivity index is 2.46. The van der Waals surface area contributed by atoms with Crippen LogP contribution in [0.5, 0.6) is 0 Å². The number of halogens is 1. The average molecular weight is 315 g/mol. The third-order valence-electron chi connectivity index (χ3n) is 2.65. The average Bonchev–Trinajstić information content (AvgIpc) is 2.87. The van der Waals surface area contributed by atoms with Gasteiger partial charge in [0, 0.05) is 7.05 Å². The highest BCUT2D eigenvalue weighted by molar-refractivity contribution is 7.92. The summed E-state index contributed by atoms with van der Waals surface area (Å²) >= 11 is 0.934. The summed E-state index contributed by atoms with van der Waals surface area (Å²) in [6, 6.07) is 5.75. The first kappa shape index (κ1) is 14.5. The number of carbonyl (C=O) groups is 1. The van der Waals surface area contributed by atoms with Crippen LogP contribution in [0.1, 0.15) is 9.67 Å². The predicted octanol–water partition coefficient (Wildman–Crippen LogP) is 2.41. The molecule has 106 valence electrons. The molecule has 20 heavy (non-hydrogen) atoms. The van der Waals surface area contributed by atoms with E-state index in [2.05, 4.69) is 0 Å². The molecule has 0 aliphatic rings. The van der Waals surface area contributed by atoms with Crippen LogP contribution in [0, 0.1) is 5.82 Å². The summed E-state index contributed by atoms with van der Waals surface area (Å²) in [5.41, 5.74) is 0.0758. The van der Waals surface area contributed by atoms with Gasteiger partial charge in [-0.3, -0.25) is 4.31 Å². The number of carboxylic acids is 1. The van der Waals surface area contributed by atoms with Gasteiger partial charge in [0.2, 0.25) is 0 Å². The minimum absolute atomic E-state index is 0.0711. The van der Waals surface area contributed by atoms with Gasteiger partial charge in [-0.25, -0.2) is 17.6 Å². The minimum Gasteiger partial charge on any atom is -0.477 e. The number of thiophene rings is 1. The van der Waals surface area contributed by atoms with E-state index in [9.17, 15) is 17.6 Å². The third kappa shape index (κ3) is 2.52. The van der Waals surface area contributed by atoms with Crippen molar-refractivity contribution in [1.82, 2.24) is 0 Å². The molecule has 0 atom stereocenters. The summed E-state index contributed by atoms with van der Waals surface area (Å²) in [6.45, 7) is 0. The first-order chi connectivity index (χ1) is 9.34. The van der Waals surface area contributed by atoms with Crippen LogP contribution in [0.2, 0.25) is 0 Å². The molecule has 0 fully saturated rings. The number of anilines is 1. The maximum Gasteiger partial charge on any atom is 0.348 e. The first-order valence-corrected chi connectivity index (χ1v) is 7.71. The maximum atomic E-state index is 12.8. The van der Waals surface area contributed by atoms with E-state index < -0.39 is 21.8 Å². The van der Waals surface area contributed by atoms with Gasteiger partial charge in [0.25, 0.3) is 10.0 Å². The van der Waals surface area contributed by atoms with Crippen molar-refractivity contribution < 1.29 is 22.7 Å². The number of carboxylic acid groups (broad SMARTS) is 1. The zero-order valence-electron chi connectivity index (χ0n) is 10.3. The second-order valence-corrected chi connectivity index (χ2v) is 6.75. The molecule has 0 saturated carbocycles. The number of hydrogen-bond donors (Lipinski definition) is 1. The van der Waals surface area contributed by atoms with Crippen molar-refractivity contribution in [2.75, 3.05) is 11.4 Å². The molecule has 0 radical (unpaired) electrons. The Hall–Kier alpha value is -1.93. The second kappa shape index (κ2) is 5.22. The molecular weight excluding hydrogens is 305 g/mol. The second-order valence-electron chi connectivity index (χ2n) is 3.87. The molecule has 0 amide bonds. The van der Waals surface area contributed by atoms with Crippen molar-refractivity contribution in [3.63, 3.8) is 0 Å². The lowest BCUT2D eigenvalue weighted by Crippen LogP contribution is -2.27. The number of aromatic carboxylic acids is 1. The maximum absolute atomic E-state index is 12.8. The fourth-order valence-corrected chi connectivity index (χ4v) is 3.63. The number of rotatable bonds is 4. The molecule has 0 bridgehead atoms. The fraction of sp³-hybridized carbons (Fsp3) is 0.0833. The topological polar surface area (TPSA) is 74.7 Å². The van der Waals surface area contributed by atoms with E-state index >= 15 is 0 Å². The lowest BCUT2D eigenvalue weighted by atomic mass is 10.4.